The van der Waals surface area contributed by atoms with Crippen molar-refractivity contribution in [3.63, 3.8) is 0 Å². The van der Waals surface area contributed by atoms with Gasteiger partial charge in [-0.25, -0.2) is 0 Å². The average molecular weight is 278 g/mol. The lowest BCUT2D eigenvalue weighted by molar-refractivity contribution is 0.0952. The van der Waals surface area contributed by atoms with Gasteiger partial charge in [0.2, 0.25) is 0 Å². The Morgan fingerprint density at radius 2 is 2.05 bits per heavy atom. The number of hydrogen-bond donors (Lipinski definition) is 2. The van der Waals surface area contributed by atoms with Crippen LogP contribution in [-0.4, -0.2) is 49.5 Å². The van der Waals surface area contributed by atoms with Gasteiger partial charge in [-0.2, -0.15) is 0 Å². The zero-order valence-electron chi connectivity index (χ0n) is 12.8. The van der Waals surface area contributed by atoms with Crippen LogP contribution in [0.4, 0.5) is 5.69 Å². The number of pyridine rings is 1. The van der Waals surface area contributed by atoms with E-state index in [1.54, 1.807) is 12.4 Å². The molecular formula is C15H26N4O. The van der Waals surface area contributed by atoms with E-state index in [9.17, 15) is 4.79 Å². The van der Waals surface area contributed by atoms with Crippen LogP contribution < -0.4 is 10.6 Å². The number of carbonyl (C=O) groups is 1. The number of amides is 1. The summed E-state index contributed by atoms with van der Waals surface area (Å²) in [7, 11) is 4.06. The lowest BCUT2D eigenvalue weighted by Gasteiger charge is -2.11. The highest BCUT2D eigenvalue weighted by molar-refractivity contribution is 5.94. The standard InChI is InChI=1S/C15H26N4O/c1-4-5-6-7-18-15(20)13-10-14(12-16-11-13)17-8-9-19(2)3/h10-12,17H,4-9H2,1-3H3,(H,18,20). The molecule has 1 rings (SSSR count). The summed E-state index contributed by atoms with van der Waals surface area (Å²) in [6, 6.07) is 1.85. The van der Waals surface area contributed by atoms with Crippen LogP contribution in [-0.2, 0) is 0 Å². The summed E-state index contributed by atoms with van der Waals surface area (Å²) in [5, 5.41) is 6.18. The number of nitrogens with one attached hydrogen (secondary N) is 2. The molecule has 1 amide bonds. The number of aromatic nitrogens is 1. The van der Waals surface area contributed by atoms with Crippen molar-refractivity contribution >= 4 is 11.6 Å². The molecule has 0 bridgehead atoms. The van der Waals surface area contributed by atoms with Crippen LogP contribution in [0.2, 0.25) is 0 Å². The second-order valence-corrected chi connectivity index (χ2v) is 5.16. The van der Waals surface area contributed by atoms with Crippen molar-refractivity contribution < 1.29 is 4.79 Å². The molecule has 0 saturated heterocycles. The van der Waals surface area contributed by atoms with Crippen molar-refractivity contribution in [3.8, 4) is 0 Å². The Labute approximate surface area is 121 Å². The highest BCUT2D eigenvalue weighted by atomic mass is 16.1. The van der Waals surface area contributed by atoms with E-state index in [2.05, 4.69) is 27.4 Å². The number of likely N-dealkylation sites (N-methyl/N-ethyl adjacent to an activating group) is 1. The van der Waals surface area contributed by atoms with Gasteiger partial charge >= 0.3 is 0 Å². The van der Waals surface area contributed by atoms with Crippen molar-refractivity contribution in [2.45, 2.75) is 26.2 Å². The van der Waals surface area contributed by atoms with Gasteiger partial charge in [0.1, 0.15) is 0 Å². The molecule has 0 aliphatic rings. The number of unbranched alkanes of at least 4 members (excludes halogenated alkanes) is 2. The molecule has 2 N–H and O–H groups in total. The molecular weight excluding hydrogens is 252 g/mol. The first-order valence-corrected chi connectivity index (χ1v) is 7.25. The summed E-state index contributed by atoms with van der Waals surface area (Å²) < 4.78 is 0. The SMILES string of the molecule is CCCCCNC(=O)c1cncc(NCCN(C)C)c1. The van der Waals surface area contributed by atoms with Gasteiger partial charge in [0.05, 0.1) is 11.3 Å². The quantitative estimate of drug-likeness (QED) is 0.678. The first-order valence-electron chi connectivity index (χ1n) is 7.25. The van der Waals surface area contributed by atoms with Crippen LogP contribution in [0.25, 0.3) is 0 Å². The molecule has 0 aliphatic heterocycles. The Kier molecular flexibility index (Phi) is 7.65. The second kappa shape index (κ2) is 9.31. The van der Waals surface area contributed by atoms with Crippen LogP contribution in [0.1, 0.15) is 36.5 Å². The molecule has 5 nitrogen and oxygen atoms in total. The van der Waals surface area contributed by atoms with Crippen LogP contribution in [0.15, 0.2) is 18.5 Å². The Morgan fingerprint density at radius 1 is 1.25 bits per heavy atom. The molecule has 0 atom stereocenters. The van der Waals surface area contributed by atoms with E-state index in [0.29, 0.717) is 5.56 Å². The summed E-state index contributed by atoms with van der Waals surface area (Å²) >= 11 is 0. The summed E-state index contributed by atoms with van der Waals surface area (Å²) in [5.74, 6) is -0.0511. The minimum absolute atomic E-state index is 0.0511. The van der Waals surface area contributed by atoms with Gasteiger partial charge in [0.15, 0.2) is 0 Å². The molecule has 0 aromatic carbocycles. The fourth-order valence-corrected chi connectivity index (χ4v) is 1.76. The monoisotopic (exact) mass is 278 g/mol. The van der Waals surface area contributed by atoms with Gasteiger partial charge in [-0.1, -0.05) is 19.8 Å². The largest absolute Gasteiger partial charge is 0.382 e. The van der Waals surface area contributed by atoms with Crippen molar-refractivity contribution in [2.75, 3.05) is 39.0 Å². The molecule has 1 aromatic rings. The van der Waals surface area contributed by atoms with E-state index in [0.717, 1.165) is 44.6 Å². The van der Waals surface area contributed by atoms with Crippen molar-refractivity contribution in [1.82, 2.24) is 15.2 Å². The van der Waals surface area contributed by atoms with Crippen molar-refractivity contribution in [3.05, 3.63) is 24.0 Å². The minimum atomic E-state index is -0.0511. The zero-order valence-corrected chi connectivity index (χ0v) is 12.8. The molecule has 0 fully saturated rings. The molecule has 20 heavy (non-hydrogen) atoms. The Hall–Kier alpha value is -1.62. The molecule has 112 valence electrons. The number of carbonyl (C=O) groups excluding carboxylic acids is 1. The maximum atomic E-state index is 12.0. The average Bonchev–Trinajstić information content (AvgIpc) is 2.43. The van der Waals surface area contributed by atoms with Gasteiger partial charge in [-0.05, 0) is 26.6 Å². The number of anilines is 1. The predicted molar refractivity (Wildman–Crippen MR) is 83.1 cm³/mol. The smallest absolute Gasteiger partial charge is 0.252 e. The summed E-state index contributed by atoms with van der Waals surface area (Å²) in [6.07, 6.45) is 6.67. The fraction of sp³-hybridized carbons (Fsp3) is 0.600. The summed E-state index contributed by atoms with van der Waals surface area (Å²) in [5.41, 5.74) is 1.49. The van der Waals surface area contributed by atoms with E-state index < -0.39 is 0 Å². The molecule has 5 heteroatoms. The van der Waals surface area contributed by atoms with Gasteiger partial charge in [-0.3, -0.25) is 9.78 Å². The molecule has 0 saturated carbocycles. The topological polar surface area (TPSA) is 57.3 Å². The Bertz CT molecular complexity index is 407. The third-order valence-electron chi connectivity index (χ3n) is 2.95. The highest BCUT2D eigenvalue weighted by Gasteiger charge is 2.06. The normalized spacial score (nSPS) is 10.6. The van der Waals surface area contributed by atoms with Gasteiger partial charge in [0.25, 0.3) is 5.91 Å². The highest BCUT2D eigenvalue weighted by Crippen LogP contribution is 2.08. The van der Waals surface area contributed by atoms with Crippen LogP contribution in [0.5, 0.6) is 0 Å². The maximum Gasteiger partial charge on any atom is 0.252 e. The second-order valence-electron chi connectivity index (χ2n) is 5.16. The van der Waals surface area contributed by atoms with Gasteiger partial charge in [0, 0.05) is 32.0 Å². The first kappa shape index (κ1) is 16.4. The molecule has 1 aromatic heterocycles. The van der Waals surface area contributed by atoms with Crippen LogP contribution in [0.3, 0.4) is 0 Å². The summed E-state index contributed by atoms with van der Waals surface area (Å²) in [6.45, 7) is 4.64. The number of nitrogens with zero attached hydrogens (tertiary/aromatic N) is 2. The van der Waals surface area contributed by atoms with Crippen LogP contribution in [0, 0.1) is 0 Å². The van der Waals surface area contributed by atoms with Crippen molar-refractivity contribution in [1.29, 1.82) is 0 Å². The van der Waals surface area contributed by atoms with E-state index in [4.69, 9.17) is 0 Å². The van der Waals surface area contributed by atoms with E-state index in [1.165, 1.54) is 0 Å². The number of hydrogen-bond acceptors (Lipinski definition) is 4. The molecule has 0 spiro atoms. The minimum Gasteiger partial charge on any atom is -0.382 e. The lowest BCUT2D eigenvalue weighted by atomic mass is 10.2. The number of rotatable bonds is 9. The predicted octanol–water partition coefficient (Wildman–Crippen LogP) is 1.98. The van der Waals surface area contributed by atoms with Crippen LogP contribution >= 0.6 is 0 Å². The van der Waals surface area contributed by atoms with E-state index in [1.807, 2.05) is 20.2 Å². The van der Waals surface area contributed by atoms with Gasteiger partial charge in [-0.15, -0.1) is 0 Å². The van der Waals surface area contributed by atoms with E-state index >= 15 is 0 Å². The molecule has 0 radical (unpaired) electrons. The Balaban J connectivity index is 2.43. The first-order chi connectivity index (χ1) is 9.63. The van der Waals surface area contributed by atoms with E-state index in [-0.39, 0.29) is 5.91 Å². The maximum absolute atomic E-state index is 12.0. The summed E-state index contributed by atoms with van der Waals surface area (Å²) in [4.78, 5) is 18.2. The third kappa shape index (κ3) is 6.52. The van der Waals surface area contributed by atoms with Crippen molar-refractivity contribution in [2.24, 2.45) is 0 Å². The lowest BCUT2D eigenvalue weighted by Crippen LogP contribution is -2.25. The fourth-order valence-electron chi connectivity index (χ4n) is 1.76. The van der Waals surface area contributed by atoms with Gasteiger partial charge < -0.3 is 15.5 Å². The Morgan fingerprint density at radius 3 is 2.75 bits per heavy atom. The zero-order chi connectivity index (χ0) is 14.8. The molecule has 1 heterocycles. The molecule has 0 aliphatic carbocycles. The third-order valence-corrected chi connectivity index (χ3v) is 2.95. The molecule has 0 unspecified atom stereocenters.